The molecule has 4 nitrogen and oxygen atoms in total. The quantitative estimate of drug-likeness (QED) is 0.862. The van der Waals surface area contributed by atoms with Gasteiger partial charge < -0.3 is 10.6 Å². The molecule has 0 saturated heterocycles. The molecule has 0 aliphatic carbocycles. The van der Waals surface area contributed by atoms with Gasteiger partial charge in [-0.05, 0) is 42.8 Å². The number of halogens is 3. The number of benzene rings is 2. The van der Waals surface area contributed by atoms with E-state index in [1.54, 1.807) is 25.1 Å². The molecule has 0 radical (unpaired) electrons. The first kappa shape index (κ1) is 17.9. The fourth-order valence-corrected chi connectivity index (χ4v) is 2.27. The van der Waals surface area contributed by atoms with Gasteiger partial charge in [0.2, 0.25) is 5.91 Å². The minimum absolute atomic E-state index is 0.0105. The van der Waals surface area contributed by atoms with Crippen molar-refractivity contribution in [3.8, 4) is 0 Å². The van der Waals surface area contributed by atoms with Crippen LogP contribution in [0.5, 0.6) is 0 Å². The molecule has 2 aromatic rings. The molecule has 7 heteroatoms. The molecule has 0 unspecified atom stereocenters. The third-order valence-electron chi connectivity index (χ3n) is 3.28. The van der Waals surface area contributed by atoms with Crippen molar-refractivity contribution in [1.29, 1.82) is 0 Å². The lowest BCUT2D eigenvalue weighted by Gasteiger charge is -2.09. The monoisotopic (exact) mass is 352 g/mol. The number of nitrogens with one attached hydrogen (secondary N) is 2. The average Bonchev–Trinajstić information content (AvgIpc) is 2.50. The van der Waals surface area contributed by atoms with Crippen molar-refractivity contribution in [3.05, 3.63) is 64.2 Å². The first-order valence-corrected chi connectivity index (χ1v) is 7.54. The van der Waals surface area contributed by atoms with Crippen LogP contribution in [-0.2, 0) is 4.79 Å². The van der Waals surface area contributed by atoms with Gasteiger partial charge in [0.15, 0.2) is 0 Å². The van der Waals surface area contributed by atoms with Gasteiger partial charge in [0, 0.05) is 29.7 Å². The molecule has 2 rings (SSSR count). The van der Waals surface area contributed by atoms with Crippen LogP contribution in [0.1, 0.15) is 22.3 Å². The van der Waals surface area contributed by atoms with Crippen molar-refractivity contribution in [3.63, 3.8) is 0 Å². The van der Waals surface area contributed by atoms with Crippen LogP contribution in [0, 0.1) is 18.6 Å². The van der Waals surface area contributed by atoms with Crippen molar-refractivity contribution >= 4 is 29.1 Å². The van der Waals surface area contributed by atoms with E-state index in [1.807, 2.05) is 0 Å². The average molecular weight is 353 g/mol. The normalized spacial score (nSPS) is 10.3. The van der Waals surface area contributed by atoms with Gasteiger partial charge in [0.05, 0.1) is 5.56 Å². The zero-order valence-electron chi connectivity index (χ0n) is 12.8. The van der Waals surface area contributed by atoms with Crippen LogP contribution in [-0.4, -0.2) is 18.4 Å². The summed E-state index contributed by atoms with van der Waals surface area (Å²) in [6, 6.07) is 7.73. The Hall–Kier alpha value is -2.47. The molecule has 2 N–H and O–H groups in total. The van der Waals surface area contributed by atoms with E-state index < -0.39 is 17.5 Å². The second-order valence-electron chi connectivity index (χ2n) is 5.14. The van der Waals surface area contributed by atoms with Gasteiger partial charge in [0.1, 0.15) is 11.6 Å². The van der Waals surface area contributed by atoms with E-state index in [-0.39, 0.29) is 24.4 Å². The highest BCUT2D eigenvalue weighted by Crippen LogP contribution is 2.19. The lowest BCUT2D eigenvalue weighted by Crippen LogP contribution is -2.28. The number of carbonyl (C=O) groups excluding carboxylic acids is 2. The zero-order chi connectivity index (χ0) is 17.7. The summed E-state index contributed by atoms with van der Waals surface area (Å²) in [6.07, 6.45) is 0.0105. The van der Waals surface area contributed by atoms with Crippen molar-refractivity contribution in [2.45, 2.75) is 13.3 Å². The van der Waals surface area contributed by atoms with Crippen molar-refractivity contribution in [1.82, 2.24) is 5.32 Å². The Morgan fingerprint density at radius 2 is 1.88 bits per heavy atom. The SMILES string of the molecule is Cc1cc(Cl)ccc1NC(=O)CCNC(=O)c1ccc(F)cc1F. The highest BCUT2D eigenvalue weighted by atomic mass is 35.5. The van der Waals surface area contributed by atoms with E-state index in [2.05, 4.69) is 10.6 Å². The third kappa shape index (κ3) is 4.76. The van der Waals surface area contributed by atoms with E-state index in [4.69, 9.17) is 11.6 Å². The minimum Gasteiger partial charge on any atom is -0.351 e. The smallest absolute Gasteiger partial charge is 0.254 e. The van der Waals surface area contributed by atoms with Gasteiger partial charge in [-0.1, -0.05) is 11.6 Å². The van der Waals surface area contributed by atoms with E-state index in [1.165, 1.54) is 0 Å². The summed E-state index contributed by atoms with van der Waals surface area (Å²) in [4.78, 5) is 23.6. The van der Waals surface area contributed by atoms with Gasteiger partial charge in [-0.3, -0.25) is 9.59 Å². The molecule has 0 aliphatic rings. The van der Waals surface area contributed by atoms with E-state index in [0.717, 1.165) is 17.7 Å². The molecule has 2 aromatic carbocycles. The number of carbonyl (C=O) groups is 2. The number of hydrogen-bond acceptors (Lipinski definition) is 2. The van der Waals surface area contributed by atoms with Gasteiger partial charge in [-0.25, -0.2) is 8.78 Å². The summed E-state index contributed by atoms with van der Waals surface area (Å²) in [5, 5.41) is 5.68. The summed E-state index contributed by atoms with van der Waals surface area (Å²) < 4.78 is 26.3. The van der Waals surface area contributed by atoms with Gasteiger partial charge in [-0.2, -0.15) is 0 Å². The number of rotatable bonds is 5. The molecule has 24 heavy (non-hydrogen) atoms. The minimum atomic E-state index is -0.950. The lowest BCUT2D eigenvalue weighted by atomic mass is 10.2. The molecule has 0 spiro atoms. The van der Waals surface area contributed by atoms with Gasteiger partial charge >= 0.3 is 0 Å². The van der Waals surface area contributed by atoms with E-state index in [9.17, 15) is 18.4 Å². The molecule has 126 valence electrons. The molecule has 0 aliphatic heterocycles. The van der Waals surface area contributed by atoms with E-state index in [0.29, 0.717) is 16.8 Å². The van der Waals surface area contributed by atoms with Crippen LogP contribution < -0.4 is 10.6 Å². The fraction of sp³-hybridized carbons (Fsp3) is 0.176. The summed E-state index contributed by atoms with van der Waals surface area (Å²) in [6.45, 7) is 1.83. The highest BCUT2D eigenvalue weighted by Gasteiger charge is 2.13. The third-order valence-corrected chi connectivity index (χ3v) is 3.51. The molecule has 2 amide bonds. The van der Waals surface area contributed by atoms with Crippen LogP contribution in [0.4, 0.5) is 14.5 Å². The Bertz CT molecular complexity index is 781. The van der Waals surface area contributed by atoms with Gasteiger partial charge in [-0.15, -0.1) is 0 Å². The number of amides is 2. The standard InChI is InChI=1S/C17H15ClF2N2O2/c1-10-8-11(18)2-5-15(10)22-16(23)6-7-21-17(24)13-4-3-12(19)9-14(13)20/h2-5,8-9H,6-7H2,1H3,(H,21,24)(H,22,23). The van der Waals surface area contributed by atoms with Gasteiger partial charge in [0.25, 0.3) is 5.91 Å². The van der Waals surface area contributed by atoms with Crippen molar-refractivity contribution in [2.75, 3.05) is 11.9 Å². The van der Waals surface area contributed by atoms with Crippen LogP contribution in [0.25, 0.3) is 0 Å². The molecule has 0 heterocycles. The first-order valence-electron chi connectivity index (χ1n) is 7.16. The maximum absolute atomic E-state index is 13.5. The predicted molar refractivity (Wildman–Crippen MR) is 88.1 cm³/mol. The Morgan fingerprint density at radius 1 is 1.12 bits per heavy atom. The Labute approximate surface area is 142 Å². The largest absolute Gasteiger partial charge is 0.351 e. The number of hydrogen-bond donors (Lipinski definition) is 2. The summed E-state index contributed by atoms with van der Waals surface area (Å²) in [5.74, 6) is -2.72. The molecule has 0 fully saturated rings. The highest BCUT2D eigenvalue weighted by molar-refractivity contribution is 6.30. The second-order valence-corrected chi connectivity index (χ2v) is 5.57. The summed E-state index contributed by atoms with van der Waals surface area (Å²) in [5.41, 5.74) is 1.17. The molecule has 0 saturated carbocycles. The number of anilines is 1. The van der Waals surface area contributed by atoms with E-state index >= 15 is 0 Å². The van der Waals surface area contributed by atoms with Crippen LogP contribution in [0.15, 0.2) is 36.4 Å². The maximum Gasteiger partial charge on any atom is 0.254 e. The maximum atomic E-state index is 13.5. The fourth-order valence-electron chi connectivity index (χ4n) is 2.04. The Balaban J connectivity index is 1.85. The van der Waals surface area contributed by atoms with Crippen molar-refractivity contribution in [2.24, 2.45) is 0 Å². The summed E-state index contributed by atoms with van der Waals surface area (Å²) >= 11 is 5.84. The molecule has 0 aromatic heterocycles. The zero-order valence-corrected chi connectivity index (χ0v) is 13.6. The second kappa shape index (κ2) is 7.88. The topological polar surface area (TPSA) is 58.2 Å². The number of aryl methyl sites for hydroxylation is 1. The van der Waals surface area contributed by atoms with Crippen LogP contribution >= 0.6 is 11.6 Å². The lowest BCUT2D eigenvalue weighted by molar-refractivity contribution is -0.116. The molecule has 0 atom stereocenters. The van der Waals surface area contributed by atoms with Crippen LogP contribution in [0.3, 0.4) is 0 Å². The molecule has 0 bridgehead atoms. The Morgan fingerprint density at radius 3 is 2.54 bits per heavy atom. The Kier molecular flexibility index (Phi) is 5.87. The van der Waals surface area contributed by atoms with Crippen LogP contribution in [0.2, 0.25) is 5.02 Å². The van der Waals surface area contributed by atoms with Crippen molar-refractivity contribution < 1.29 is 18.4 Å². The first-order chi connectivity index (χ1) is 11.4. The predicted octanol–water partition coefficient (Wildman–Crippen LogP) is 3.69. The summed E-state index contributed by atoms with van der Waals surface area (Å²) in [7, 11) is 0. The molecular formula is C17H15ClF2N2O2. The molecular weight excluding hydrogens is 338 g/mol.